The summed E-state index contributed by atoms with van der Waals surface area (Å²) in [7, 11) is -3.56. The first-order valence-corrected chi connectivity index (χ1v) is 12.6. The number of anilines is 3. The predicted molar refractivity (Wildman–Crippen MR) is 134 cm³/mol. The highest BCUT2D eigenvalue weighted by atomic mass is 32.2. The third-order valence-corrected chi connectivity index (χ3v) is 7.74. The molecule has 0 amide bonds. The SMILES string of the molecule is CCN(CC)S(=O)(=O)c1ccc(N2CCCC2)c(NC(=S)Nc2cc(C)cc(C)c2)c1. The van der Waals surface area contributed by atoms with Crippen molar-refractivity contribution in [2.45, 2.75) is 45.4 Å². The predicted octanol–water partition coefficient (Wildman–Crippen LogP) is 4.74. The zero-order chi connectivity index (χ0) is 22.6. The maximum absolute atomic E-state index is 13.1. The van der Waals surface area contributed by atoms with Crippen molar-refractivity contribution in [1.29, 1.82) is 0 Å². The summed E-state index contributed by atoms with van der Waals surface area (Å²) in [5, 5.41) is 6.93. The van der Waals surface area contributed by atoms with Gasteiger partial charge < -0.3 is 15.5 Å². The largest absolute Gasteiger partial charge is 0.370 e. The Hall–Kier alpha value is -2.16. The van der Waals surface area contributed by atoms with E-state index in [-0.39, 0.29) is 4.90 Å². The fraction of sp³-hybridized carbons (Fsp3) is 0.435. The third-order valence-electron chi connectivity index (χ3n) is 5.49. The Balaban J connectivity index is 1.92. The monoisotopic (exact) mass is 460 g/mol. The average Bonchev–Trinajstić information content (AvgIpc) is 3.22. The number of rotatable bonds is 7. The molecule has 1 fully saturated rings. The lowest BCUT2D eigenvalue weighted by Crippen LogP contribution is -2.31. The van der Waals surface area contributed by atoms with Crippen molar-refractivity contribution in [2.75, 3.05) is 41.7 Å². The number of benzene rings is 2. The second-order valence-electron chi connectivity index (χ2n) is 7.92. The van der Waals surface area contributed by atoms with Gasteiger partial charge >= 0.3 is 0 Å². The van der Waals surface area contributed by atoms with Gasteiger partial charge in [0.1, 0.15) is 0 Å². The molecule has 1 aliphatic rings. The van der Waals surface area contributed by atoms with Gasteiger partial charge in [-0.3, -0.25) is 0 Å². The van der Waals surface area contributed by atoms with Gasteiger partial charge in [0.05, 0.1) is 16.3 Å². The smallest absolute Gasteiger partial charge is 0.243 e. The second kappa shape index (κ2) is 9.97. The number of sulfonamides is 1. The fourth-order valence-corrected chi connectivity index (χ4v) is 5.77. The van der Waals surface area contributed by atoms with Crippen LogP contribution < -0.4 is 15.5 Å². The van der Waals surface area contributed by atoms with Crippen molar-refractivity contribution in [2.24, 2.45) is 0 Å². The maximum atomic E-state index is 13.1. The topological polar surface area (TPSA) is 64.7 Å². The van der Waals surface area contributed by atoms with E-state index >= 15 is 0 Å². The zero-order valence-electron chi connectivity index (χ0n) is 18.7. The van der Waals surface area contributed by atoms with Crippen LogP contribution in [0.15, 0.2) is 41.3 Å². The van der Waals surface area contributed by atoms with E-state index < -0.39 is 10.0 Å². The summed E-state index contributed by atoms with van der Waals surface area (Å²) in [6.45, 7) is 10.6. The molecule has 168 valence electrons. The Morgan fingerprint density at radius 1 is 1.00 bits per heavy atom. The van der Waals surface area contributed by atoms with Crippen LogP contribution >= 0.6 is 12.2 Å². The zero-order valence-corrected chi connectivity index (χ0v) is 20.4. The molecule has 2 aromatic carbocycles. The fourth-order valence-electron chi connectivity index (χ4n) is 4.05. The summed E-state index contributed by atoms with van der Waals surface area (Å²) in [5.41, 5.74) is 4.88. The van der Waals surface area contributed by atoms with Crippen molar-refractivity contribution in [3.63, 3.8) is 0 Å². The van der Waals surface area contributed by atoms with E-state index in [1.165, 1.54) is 4.31 Å². The lowest BCUT2D eigenvalue weighted by atomic mass is 10.1. The van der Waals surface area contributed by atoms with E-state index in [0.29, 0.717) is 23.9 Å². The van der Waals surface area contributed by atoms with E-state index in [2.05, 4.69) is 21.6 Å². The molecule has 1 saturated heterocycles. The van der Waals surface area contributed by atoms with Gasteiger partial charge in [-0.2, -0.15) is 4.31 Å². The highest BCUT2D eigenvalue weighted by Crippen LogP contribution is 2.32. The van der Waals surface area contributed by atoms with Crippen molar-refractivity contribution < 1.29 is 8.42 Å². The number of aryl methyl sites for hydroxylation is 2. The van der Waals surface area contributed by atoms with E-state index in [4.69, 9.17) is 12.2 Å². The minimum atomic E-state index is -3.56. The Kier molecular flexibility index (Phi) is 7.56. The lowest BCUT2D eigenvalue weighted by molar-refractivity contribution is 0.445. The summed E-state index contributed by atoms with van der Waals surface area (Å²) in [6.07, 6.45) is 2.26. The molecule has 8 heteroatoms. The second-order valence-corrected chi connectivity index (χ2v) is 10.3. The molecular weight excluding hydrogens is 428 g/mol. The van der Waals surface area contributed by atoms with Gasteiger partial charge in [0.25, 0.3) is 0 Å². The van der Waals surface area contributed by atoms with Gasteiger partial charge in [0, 0.05) is 31.9 Å². The summed E-state index contributed by atoms with van der Waals surface area (Å²) in [6, 6.07) is 11.5. The standard InChI is InChI=1S/C23H32N4O2S2/c1-5-27(6-2)31(28,29)20-9-10-22(26-11-7-8-12-26)21(16-20)25-23(30)24-19-14-17(3)13-18(4)15-19/h9-10,13-16H,5-8,11-12H2,1-4H3,(H2,24,25,30). The van der Waals surface area contributed by atoms with Crippen molar-refractivity contribution in [1.82, 2.24) is 4.31 Å². The van der Waals surface area contributed by atoms with Crippen molar-refractivity contribution in [3.05, 3.63) is 47.5 Å². The highest BCUT2D eigenvalue weighted by Gasteiger charge is 2.24. The normalized spacial score (nSPS) is 14.2. The Morgan fingerprint density at radius 2 is 1.61 bits per heavy atom. The van der Waals surface area contributed by atoms with Crippen LogP contribution in [0.2, 0.25) is 0 Å². The van der Waals surface area contributed by atoms with Gasteiger partial charge in [-0.05, 0) is 80.4 Å². The molecule has 6 nitrogen and oxygen atoms in total. The minimum Gasteiger partial charge on any atom is -0.370 e. The highest BCUT2D eigenvalue weighted by molar-refractivity contribution is 7.89. The summed E-state index contributed by atoms with van der Waals surface area (Å²) >= 11 is 5.57. The Morgan fingerprint density at radius 3 is 2.19 bits per heavy atom. The van der Waals surface area contributed by atoms with Crippen LogP contribution in [-0.2, 0) is 10.0 Å². The van der Waals surface area contributed by atoms with Gasteiger partial charge in [-0.1, -0.05) is 19.9 Å². The van der Waals surface area contributed by atoms with Crippen LogP contribution in [0.5, 0.6) is 0 Å². The molecular formula is C23H32N4O2S2. The number of thiocarbonyl (C=S) groups is 1. The summed E-state index contributed by atoms with van der Waals surface area (Å²) < 4.78 is 27.6. The maximum Gasteiger partial charge on any atom is 0.243 e. The molecule has 0 radical (unpaired) electrons. The molecule has 0 saturated carbocycles. The number of nitrogens with one attached hydrogen (secondary N) is 2. The average molecular weight is 461 g/mol. The molecule has 0 aliphatic carbocycles. The number of hydrogen-bond acceptors (Lipinski definition) is 4. The molecule has 1 heterocycles. The van der Waals surface area contributed by atoms with Crippen LogP contribution in [0.25, 0.3) is 0 Å². The first kappa shape index (κ1) is 23.5. The molecule has 0 aromatic heterocycles. The Bertz CT molecular complexity index is 1020. The van der Waals surface area contributed by atoms with E-state index in [1.54, 1.807) is 12.1 Å². The van der Waals surface area contributed by atoms with Crippen LogP contribution in [0.3, 0.4) is 0 Å². The summed E-state index contributed by atoms with van der Waals surface area (Å²) in [4.78, 5) is 2.55. The lowest BCUT2D eigenvalue weighted by Gasteiger charge is -2.24. The molecule has 3 rings (SSSR count). The van der Waals surface area contributed by atoms with Gasteiger partial charge in [0.15, 0.2) is 5.11 Å². The molecule has 0 atom stereocenters. The van der Waals surface area contributed by atoms with Crippen molar-refractivity contribution >= 4 is 44.4 Å². The molecule has 0 unspecified atom stereocenters. The van der Waals surface area contributed by atoms with E-state index in [9.17, 15) is 8.42 Å². The number of hydrogen-bond donors (Lipinski definition) is 2. The van der Waals surface area contributed by atoms with Crippen molar-refractivity contribution in [3.8, 4) is 0 Å². The third kappa shape index (κ3) is 5.56. The summed E-state index contributed by atoms with van der Waals surface area (Å²) in [5.74, 6) is 0. The van der Waals surface area contributed by atoms with Crippen LogP contribution in [0, 0.1) is 13.8 Å². The quantitative estimate of drug-likeness (QED) is 0.582. The molecule has 2 aromatic rings. The van der Waals surface area contributed by atoms with Gasteiger partial charge in [-0.25, -0.2) is 8.42 Å². The molecule has 31 heavy (non-hydrogen) atoms. The molecule has 0 spiro atoms. The van der Waals surface area contributed by atoms with Crippen LogP contribution in [0.4, 0.5) is 17.1 Å². The first-order chi connectivity index (χ1) is 14.7. The van der Waals surface area contributed by atoms with Crippen LogP contribution in [-0.4, -0.2) is 44.0 Å². The molecule has 2 N–H and O–H groups in total. The molecule has 1 aliphatic heterocycles. The van der Waals surface area contributed by atoms with Crippen LogP contribution in [0.1, 0.15) is 37.8 Å². The number of nitrogens with zero attached hydrogens (tertiary/aromatic N) is 2. The van der Waals surface area contributed by atoms with Gasteiger partial charge in [-0.15, -0.1) is 0 Å². The minimum absolute atomic E-state index is 0.274. The first-order valence-electron chi connectivity index (χ1n) is 10.8. The van der Waals surface area contributed by atoms with E-state index in [0.717, 1.165) is 48.4 Å². The van der Waals surface area contributed by atoms with E-state index in [1.807, 2.05) is 45.9 Å². The van der Waals surface area contributed by atoms with Gasteiger partial charge in [0.2, 0.25) is 10.0 Å². The molecule has 0 bridgehead atoms. The Labute approximate surface area is 191 Å².